The molecular formula is C13H15FO3. The van der Waals surface area contributed by atoms with Crippen LogP contribution in [0.4, 0.5) is 4.39 Å². The zero-order chi connectivity index (χ0) is 12.6. The number of hydrogen-bond acceptors (Lipinski definition) is 2. The molecule has 92 valence electrons. The van der Waals surface area contributed by atoms with Crippen molar-refractivity contribution in [1.82, 2.24) is 0 Å². The van der Waals surface area contributed by atoms with E-state index >= 15 is 0 Å². The highest BCUT2D eigenvalue weighted by Gasteiger charge is 2.43. The van der Waals surface area contributed by atoms with Gasteiger partial charge < -0.3 is 10.2 Å². The molecule has 0 radical (unpaired) electrons. The minimum Gasteiger partial charge on any atom is -0.508 e. The van der Waals surface area contributed by atoms with Crippen molar-refractivity contribution in [2.45, 2.75) is 38.0 Å². The van der Waals surface area contributed by atoms with Crippen molar-refractivity contribution in [2.75, 3.05) is 0 Å². The fraction of sp³-hybridized carbons (Fsp3) is 0.462. The predicted octanol–water partition coefficient (Wildman–Crippen LogP) is 2.74. The van der Waals surface area contributed by atoms with Crippen molar-refractivity contribution >= 4 is 5.97 Å². The summed E-state index contributed by atoms with van der Waals surface area (Å²) in [6, 6.07) is 2.63. The average Bonchev–Trinajstić information content (AvgIpc) is 2.75. The van der Waals surface area contributed by atoms with Gasteiger partial charge in [-0.05, 0) is 37.5 Å². The lowest BCUT2D eigenvalue weighted by atomic mass is 9.78. The first kappa shape index (κ1) is 11.9. The van der Waals surface area contributed by atoms with Gasteiger partial charge in [0.25, 0.3) is 0 Å². The van der Waals surface area contributed by atoms with E-state index < -0.39 is 17.2 Å². The second-order valence-electron chi connectivity index (χ2n) is 4.70. The highest BCUT2D eigenvalue weighted by atomic mass is 19.1. The van der Waals surface area contributed by atoms with Gasteiger partial charge in [-0.15, -0.1) is 0 Å². The molecule has 1 aliphatic rings. The second kappa shape index (κ2) is 4.02. The largest absolute Gasteiger partial charge is 0.508 e. The predicted molar refractivity (Wildman–Crippen MR) is 60.6 cm³/mol. The number of phenolic OH excluding ortho intramolecular Hbond substituents is 1. The zero-order valence-corrected chi connectivity index (χ0v) is 9.66. The fourth-order valence-electron chi connectivity index (χ4n) is 2.55. The Morgan fingerprint density at radius 3 is 2.41 bits per heavy atom. The van der Waals surface area contributed by atoms with Crippen molar-refractivity contribution in [3.8, 4) is 5.75 Å². The van der Waals surface area contributed by atoms with Gasteiger partial charge in [0.05, 0.1) is 5.41 Å². The van der Waals surface area contributed by atoms with E-state index in [2.05, 4.69) is 0 Å². The maximum Gasteiger partial charge on any atom is 0.314 e. The summed E-state index contributed by atoms with van der Waals surface area (Å²) in [5, 5.41) is 19.0. The molecular weight excluding hydrogens is 223 g/mol. The van der Waals surface area contributed by atoms with Crippen LogP contribution in [0.15, 0.2) is 12.1 Å². The SMILES string of the molecule is Cc1c(O)cc(C2(C(=O)O)CCCC2)cc1F. The van der Waals surface area contributed by atoms with Gasteiger partial charge in [0.1, 0.15) is 11.6 Å². The molecule has 0 atom stereocenters. The van der Waals surface area contributed by atoms with Gasteiger partial charge in [-0.3, -0.25) is 4.79 Å². The van der Waals surface area contributed by atoms with Crippen molar-refractivity contribution in [3.05, 3.63) is 29.1 Å². The van der Waals surface area contributed by atoms with Gasteiger partial charge in [0.2, 0.25) is 0 Å². The van der Waals surface area contributed by atoms with Gasteiger partial charge in [-0.2, -0.15) is 0 Å². The lowest BCUT2D eigenvalue weighted by Crippen LogP contribution is -2.32. The number of aromatic hydroxyl groups is 1. The Labute approximate surface area is 98.9 Å². The molecule has 17 heavy (non-hydrogen) atoms. The number of hydrogen-bond donors (Lipinski definition) is 2. The first-order valence-corrected chi connectivity index (χ1v) is 5.70. The first-order valence-electron chi connectivity index (χ1n) is 5.70. The van der Waals surface area contributed by atoms with Gasteiger partial charge >= 0.3 is 5.97 Å². The molecule has 0 amide bonds. The van der Waals surface area contributed by atoms with E-state index in [4.69, 9.17) is 0 Å². The Bertz CT molecular complexity index is 439. The van der Waals surface area contributed by atoms with Crippen molar-refractivity contribution in [2.24, 2.45) is 0 Å². The third-order valence-electron chi connectivity index (χ3n) is 3.74. The molecule has 2 rings (SSSR count). The van der Waals surface area contributed by atoms with Crippen molar-refractivity contribution < 1.29 is 19.4 Å². The van der Waals surface area contributed by atoms with Crippen molar-refractivity contribution in [3.63, 3.8) is 0 Å². The summed E-state index contributed by atoms with van der Waals surface area (Å²) in [5.74, 6) is -1.65. The molecule has 0 bridgehead atoms. The van der Waals surface area contributed by atoms with Crippen LogP contribution >= 0.6 is 0 Å². The maximum atomic E-state index is 13.6. The van der Waals surface area contributed by atoms with Crippen LogP contribution in [-0.4, -0.2) is 16.2 Å². The Hall–Kier alpha value is -1.58. The number of carbonyl (C=O) groups is 1. The molecule has 1 fully saturated rings. The highest BCUT2D eigenvalue weighted by molar-refractivity contribution is 5.82. The van der Waals surface area contributed by atoms with Crippen LogP contribution in [0.3, 0.4) is 0 Å². The smallest absolute Gasteiger partial charge is 0.314 e. The van der Waals surface area contributed by atoms with Crippen LogP contribution in [0.2, 0.25) is 0 Å². The number of carboxylic acids is 1. The summed E-state index contributed by atoms with van der Waals surface area (Å²) in [4.78, 5) is 11.4. The molecule has 0 aliphatic heterocycles. The topological polar surface area (TPSA) is 57.5 Å². The molecule has 4 heteroatoms. The van der Waals surface area contributed by atoms with Crippen LogP contribution < -0.4 is 0 Å². The van der Waals surface area contributed by atoms with Crippen LogP contribution in [0.1, 0.15) is 36.8 Å². The van der Waals surface area contributed by atoms with Crippen LogP contribution in [-0.2, 0) is 10.2 Å². The van der Waals surface area contributed by atoms with E-state index in [1.54, 1.807) is 0 Å². The summed E-state index contributed by atoms with van der Waals surface area (Å²) >= 11 is 0. The standard InChI is InChI=1S/C13H15FO3/c1-8-10(14)6-9(7-11(8)15)13(12(16)17)4-2-3-5-13/h6-7,15H,2-5H2,1H3,(H,16,17). The third kappa shape index (κ3) is 1.77. The molecule has 0 saturated heterocycles. The minimum atomic E-state index is -1.02. The summed E-state index contributed by atoms with van der Waals surface area (Å²) < 4.78 is 13.6. The lowest BCUT2D eigenvalue weighted by Gasteiger charge is -2.25. The highest BCUT2D eigenvalue weighted by Crippen LogP contribution is 2.43. The van der Waals surface area contributed by atoms with E-state index in [0.29, 0.717) is 18.4 Å². The number of carboxylic acid groups (broad SMARTS) is 1. The molecule has 1 aromatic carbocycles. The second-order valence-corrected chi connectivity index (χ2v) is 4.70. The van der Waals surface area contributed by atoms with Crippen LogP contribution in [0.5, 0.6) is 5.75 Å². The van der Waals surface area contributed by atoms with Crippen molar-refractivity contribution in [1.29, 1.82) is 0 Å². The van der Waals surface area contributed by atoms with Gasteiger partial charge in [-0.1, -0.05) is 12.8 Å². The van der Waals surface area contributed by atoms with E-state index in [-0.39, 0.29) is 11.3 Å². The summed E-state index contributed by atoms with van der Waals surface area (Å²) in [7, 11) is 0. The molecule has 1 aliphatic carbocycles. The Morgan fingerprint density at radius 1 is 1.35 bits per heavy atom. The zero-order valence-electron chi connectivity index (χ0n) is 9.66. The molecule has 1 saturated carbocycles. The minimum absolute atomic E-state index is 0.160. The molecule has 3 nitrogen and oxygen atoms in total. The number of halogens is 1. The van der Waals surface area contributed by atoms with E-state index in [9.17, 15) is 19.4 Å². The molecule has 0 heterocycles. The van der Waals surface area contributed by atoms with Crippen LogP contribution in [0.25, 0.3) is 0 Å². The normalized spacial score (nSPS) is 18.2. The Morgan fingerprint density at radius 2 is 1.94 bits per heavy atom. The molecule has 0 spiro atoms. The lowest BCUT2D eigenvalue weighted by molar-refractivity contribution is -0.143. The summed E-state index contributed by atoms with van der Waals surface area (Å²) in [6.07, 6.45) is 2.65. The summed E-state index contributed by atoms with van der Waals surface area (Å²) in [5.41, 5.74) is -0.484. The fourth-order valence-corrected chi connectivity index (χ4v) is 2.55. The van der Waals surface area contributed by atoms with Crippen LogP contribution in [0, 0.1) is 12.7 Å². The maximum absolute atomic E-state index is 13.6. The molecule has 0 aromatic heterocycles. The van der Waals surface area contributed by atoms with E-state index in [1.165, 1.54) is 19.1 Å². The number of aliphatic carboxylic acids is 1. The molecule has 2 N–H and O–H groups in total. The Balaban J connectivity index is 2.55. The van der Waals surface area contributed by atoms with Gasteiger partial charge in [0.15, 0.2) is 0 Å². The molecule has 0 unspecified atom stereocenters. The number of phenols is 1. The Kier molecular flexibility index (Phi) is 2.81. The van der Waals surface area contributed by atoms with E-state index in [1.807, 2.05) is 0 Å². The quantitative estimate of drug-likeness (QED) is 0.832. The number of rotatable bonds is 2. The first-order chi connectivity index (χ1) is 7.97. The number of benzene rings is 1. The monoisotopic (exact) mass is 238 g/mol. The molecule has 1 aromatic rings. The van der Waals surface area contributed by atoms with Gasteiger partial charge in [0, 0.05) is 5.56 Å². The van der Waals surface area contributed by atoms with E-state index in [0.717, 1.165) is 12.8 Å². The average molecular weight is 238 g/mol. The summed E-state index contributed by atoms with van der Waals surface area (Å²) in [6.45, 7) is 1.47. The third-order valence-corrected chi connectivity index (χ3v) is 3.74. The van der Waals surface area contributed by atoms with Gasteiger partial charge in [-0.25, -0.2) is 4.39 Å².